The summed E-state index contributed by atoms with van der Waals surface area (Å²) in [4.78, 5) is 27.7. The van der Waals surface area contributed by atoms with E-state index in [0.29, 0.717) is 12.3 Å². The quantitative estimate of drug-likeness (QED) is 0.580. The zero-order valence-corrected chi connectivity index (χ0v) is 19.5. The molecule has 168 valence electrons. The minimum atomic E-state index is -0.640. The van der Waals surface area contributed by atoms with Gasteiger partial charge in [0.05, 0.1) is 0 Å². The summed E-state index contributed by atoms with van der Waals surface area (Å²) in [6.07, 6.45) is 0. The van der Waals surface area contributed by atoms with Crippen molar-refractivity contribution >= 4 is 22.6 Å². The number of rotatable bonds is 7. The van der Waals surface area contributed by atoms with E-state index >= 15 is 0 Å². The van der Waals surface area contributed by atoms with Crippen LogP contribution in [-0.4, -0.2) is 34.9 Å². The molecule has 0 fully saturated rings. The molecule has 0 aliphatic heterocycles. The predicted molar refractivity (Wildman–Crippen MR) is 129 cm³/mol. The maximum atomic E-state index is 13.3. The van der Waals surface area contributed by atoms with Gasteiger partial charge in [-0.1, -0.05) is 66.2 Å². The number of nitrogens with zero attached hydrogens (tertiary/aromatic N) is 1. The van der Waals surface area contributed by atoms with E-state index in [2.05, 4.69) is 5.32 Å². The van der Waals surface area contributed by atoms with Gasteiger partial charge in [0, 0.05) is 17.5 Å². The first-order valence-corrected chi connectivity index (χ1v) is 10.9. The van der Waals surface area contributed by atoms with Crippen molar-refractivity contribution in [2.75, 3.05) is 6.61 Å². The van der Waals surface area contributed by atoms with Crippen molar-refractivity contribution in [1.29, 1.82) is 0 Å². The second-order valence-corrected chi connectivity index (χ2v) is 9.19. The summed E-state index contributed by atoms with van der Waals surface area (Å²) in [5.74, 6) is 0.221. The Morgan fingerprint density at radius 2 is 1.69 bits per heavy atom. The van der Waals surface area contributed by atoms with Gasteiger partial charge in [-0.05, 0) is 51.6 Å². The van der Waals surface area contributed by atoms with Crippen LogP contribution in [0.2, 0.25) is 0 Å². The van der Waals surface area contributed by atoms with Crippen molar-refractivity contribution in [2.24, 2.45) is 0 Å². The lowest BCUT2D eigenvalue weighted by Crippen LogP contribution is -2.53. The smallest absolute Gasteiger partial charge is 0.261 e. The van der Waals surface area contributed by atoms with Crippen LogP contribution in [0.4, 0.5) is 0 Å². The van der Waals surface area contributed by atoms with Crippen LogP contribution < -0.4 is 10.1 Å². The van der Waals surface area contributed by atoms with Crippen LogP contribution in [0, 0.1) is 6.92 Å². The molecule has 0 radical (unpaired) electrons. The second-order valence-electron chi connectivity index (χ2n) is 9.19. The third kappa shape index (κ3) is 6.10. The van der Waals surface area contributed by atoms with Gasteiger partial charge >= 0.3 is 0 Å². The molecule has 0 spiro atoms. The van der Waals surface area contributed by atoms with Gasteiger partial charge in [-0.15, -0.1) is 0 Å². The molecule has 0 saturated carbocycles. The minimum Gasteiger partial charge on any atom is -0.483 e. The van der Waals surface area contributed by atoms with Gasteiger partial charge in [0.2, 0.25) is 5.91 Å². The molecule has 1 atom stereocenters. The largest absolute Gasteiger partial charge is 0.483 e. The summed E-state index contributed by atoms with van der Waals surface area (Å²) in [6, 6.07) is 21.0. The second kappa shape index (κ2) is 9.86. The Morgan fingerprint density at radius 3 is 2.41 bits per heavy atom. The number of fused-ring (bicyclic) bond motifs is 1. The van der Waals surface area contributed by atoms with Gasteiger partial charge in [0.15, 0.2) is 6.61 Å². The Labute approximate surface area is 190 Å². The van der Waals surface area contributed by atoms with E-state index in [4.69, 9.17) is 4.74 Å². The third-order valence-electron chi connectivity index (χ3n) is 5.20. The summed E-state index contributed by atoms with van der Waals surface area (Å²) in [6.45, 7) is 9.72. The molecule has 0 aliphatic rings. The van der Waals surface area contributed by atoms with E-state index in [9.17, 15) is 9.59 Å². The summed E-state index contributed by atoms with van der Waals surface area (Å²) in [5, 5.41) is 4.97. The summed E-state index contributed by atoms with van der Waals surface area (Å²) in [7, 11) is 0. The summed E-state index contributed by atoms with van der Waals surface area (Å²) in [5.41, 5.74) is 1.69. The zero-order valence-electron chi connectivity index (χ0n) is 19.5. The molecule has 3 aromatic rings. The molecule has 0 unspecified atom stereocenters. The SMILES string of the molecule is Cc1cccc(CN(C(=O)COc2cccc3ccccc23)[C@@H](C)C(=O)NC(C)(C)C)c1. The third-order valence-corrected chi connectivity index (χ3v) is 5.20. The Kier molecular flexibility index (Phi) is 7.18. The summed E-state index contributed by atoms with van der Waals surface area (Å²) >= 11 is 0. The normalized spacial score (nSPS) is 12.3. The number of aryl methyl sites for hydroxylation is 1. The van der Waals surface area contributed by atoms with Gasteiger partial charge in [0.25, 0.3) is 5.91 Å². The number of carbonyl (C=O) groups is 2. The van der Waals surface area contributed by atoms with Crippen LogP contribution in [0.5, 0.6) is 5.75 Å². The molecule has 5 nitrogen and oxygen atoms in total. The molecule has 0 saturated heterocycles. The molecule has 0 bridgehead atoms. The monoisotopic (exact) mass is 432 g/mol. The highest BCUT2D eigenvalue weighted by Crippen LogP contribution is 2.25. The lowest BCUT2D eigenvalue weighted by atomic mass is 10.1. The predicted octanol–water partition coefficient (Wildman–Crippen LogP) is 4.86. The van der Waals surface area contributed by atoms with Gasteiger partial charge < -0.3 is 15.0 Å². The fourth-order valence-corrected chi connectivity index (χ4v) is 3.61. The van der Waals surface area contributed by atoms with Gasteiger partial charge in [-0.25, -0.2) is 0 Å². The number of hydrogen-bond acceptors (Lipinski definition) is 3. The molecule has 32 heavy (non-hydrogen) atoms. The molecular weight excluding hydrogens is 400 g/mol. The van der Waals surface area contributed by atoms with Crippen molar-refractivity contribution in [3.05, 3.63) is 77.9 Å². The highest BCUT2D eigenvalue weighted by molar-refractivity contribution is 5.90. The minimum absolute atomic E-state index is 0.146. The Hall–Kier alpha value is -3.34. The zero-order chi connectivity index (χ0) is 23.3. The molecule has 5 heteroatoms. The first-order valence-electron chi connectivity index (χ1n) is 10.9. The van der Waals surface area contributed by atoms with E-state index in [1.807, 2.05) is 94.4 Å². The van der Waals surface area contributed by atoms with Crippen molar-refractivity contribution in [3.63, 3.8) is 0 Å². The van der Waals surface area contributed by atoms with E-state index < -0.39 is 6.04 Å². The fourth-order valence-electron chi connectivity index (χ4n) is 3.61. The molecule has 3 rings (SSSR count). The van der Waals surface area contributed by atoms with E-state index in [0.717, 1.165) is 21.9 Å². The number of nitrogens with one attached hydrogen (secondary N) is 1. The van der Waals surface area contributed by atoms with Crippen LogP contribution in [-0.2, 0) is 16.1 Å². The molecule has 0 aliphatic carbocycles. The lowest BCUT2D eigenvalue weighted by molar-refractivity contribution is -0.142. The average Bonchev–Trinajstić information content (AvgIpc) is 2.74. The standard InChI is InChI=1S/C27H32N2O3/c1-19-10-8-11-21(16-19)17-29(20(2)26(31)28-27(3,4)5)25(30)18-32-24-15-9-13-22-12-6-7-14-23(22)24/h6-16,20H,17-18H2,1-5H3,(H,28,31)/t20-/m0/s1. The first kappa shape index (κ1) is 23.3. The van der Waals surface area contributed by atoms with Crippen LogP contribution in [0.1, 0.15) is 38.8 Å². The van der Waals surface area contributed by atoms with Crippen LogP contribution in [0.15, 0.2) is 66.7 Å². The number of benzene rings is 3. The van der Waals surface area contributed by atoms with Crippen molar-refractivity contribution in [1.82, 2.24) is 10.2 Å². The molecule has 0 aromatic heterocycles. The number of amides is 2. The van der Waals surface area contributed by atoms with Gasteiger partial charge in [0.1, 0.15) is 11.8 Å². The fraction of sp³-hybridized carbons (Fsp3) is 0.333. The highest BCUT2D eigenvalue weighted by Gasteiger charge is 2.28. The summed E-state index contributed by atoms with van der Waals surface area (Å²) < 4.78 is 5.93. The van der Waals surface area contributed by atoms with Crippen molar-refractivity contribution in [3.8, 4) is 5.75 Å². The number of ether oxygens (including phenoxy) is 1. The molecule has 0 heterocycles. The van der Waals surface area contributed by atoms with Crippen LogP contribution in [0.25, 0.3) is 10.8 Å². The van der Waals surface area contributed by atoms with Crippen LogP contribution in [0.3, 0.4) is 0 Å². The average molecular weight is 433 g/mol. The van der Waals surface area contributed by atoms with Gasteiger partial charge in [-0.3, -0.25) is 9.59 Å². The van der Waals surface area contributed by atoms with Gasteiger partial charge in [-0.2, -0.15) is 0 Å². The Bertz CT molecular complexity index is 1100. The van der Waals surface area contributed by atoms with Crippen molar-refractivity contribution < 1.29 is 14.3 Å². The molecular formula is C27H32N2O3. The van der Waals surface area contributed by atoms with Crippen molar-refractivity contribution in [2.45, 2.75) is 52.7 Å². The van der Waals surface area contributed by atoms with E-state index in [1.54, 1.807) is 11.8 Å². The highest BCUT2D eigenvalue weighted by atomic mass is 16.5. The van der Waals surface area contributed by atoms with E-state index in [1.165, 1.54) is 0 Å². The maximum Gasteiger partial charge on any atom is 0.261 e. The maximum absolute atomic E-state index is 13.3. The molecule has 3 aromatic carbocycles. The number of carbonyl (C=O) groups excluding carboxylic acids is 2. The van der Waals surface area contributed by atoms with E-state index in [-0.39, 0.29) is 24.0 Å². The molecule has 1 N–H and O–H groups in total. The Balaban J connectivity index is 1.81. The Morgan fingerprint density at radius 1 is 1.00 bits per heavy atom. The van der Waals surface area contributed by atoms with Crippen LogP contribution >= 0.6 is 0 Å². The number of hydrogen-bond donors (Lipinski definition) is 1. The lowest BCUT2D eigenvalue weighted by Gasteiger charge is -2.31. The molecule has 2 amide bonds. The first-order chi connectivity index (χ1) is 15.1. The topological polar surface area (TPSA) is 58.6 Å².